The molecule has 2 rings (SSSR count). The fourth-order valence-corrected chi connectivity index (χ4v) is 2.64. The molecular weight excluding hydrogens is 398 g/mol. The van der Waals surface area contributed by atoms with Gasteiger partial charge in [-0.25, -0.2) is 13.2 Å². The summed E-state index contributed by atoms with van der Waals surface area (Å²) in [4.78, 5) is 34.5. The zero-order chi connectivity index (χ0) is 20.7. The van der Waals surface area contributed by atoms with Crippen LogP contribution in [0.5, 0.6) is 0 Å². The predicted molar refractivity (Wildman–Crippen MR) is 92.0 cm³/mol. The quantitative estimate of drug-likeness (QED) is 0.545. The van der Waals surface area contributed by atoms with Gasteiger partial charge in [0.05, 0.1) is 10.5 Å². The number of amides is 2. The van der Waals surface area contributed by atoms with E-state index in [0.29, 0.717) is 5.56 Å². The number of rotatable bonds is 6. The lowest BCUT2D eigenvalue weighted by Crippen LogP contribution is -2.43. The van der Waals surface area contributed by atoms with E-state index in [9.17, 15) is 31.6 Å². The molecule has 0 bridgehead atoms. The number of nitrogens with one attached hydrogen (secondary N) is 2. The van der Waals surface area contributed by atoms with Crippen molar-refractivity contribution in [3.8, 4) is 0 Å². The average molecular weight is 412 g/mol. The molecule has 0 radical (unpaired) electrons. The molecular formula is C17H14F2N2O6S. The molecule has 0 aromatic heterocycles. The summed E-state index contributed by atoms with van der Waals surface area (Å²) in [5.74, 6) is -5.96. The molecule has 0 aliphatic rings. The van der Waals surface area contributed by atoms with E-state index in [0.717, 1.165) is 24.3 Å². The van der Waals surface area contributed by atoms with Crippen molar-refractivity contribution in [1.29, 1.82) is 0 Å². The van der Waals surface area contributed by atoms with Crippen LogP contribution >= 0.6 is 0 Å². The fraction of sp³-hybridized carbons (Fsp3) is 0.118. The van der Waals surface area contributed by atoms with E-state index in [1.54, 1.807) is 18.2 Å². The zero-order valence-corrected chi connectivity index (χ0v) is 14.9. The van der Waals surface area contributed by atoms with Gasteiger partial charge in [-0.3, -0.25) is 20.4 Å². The molecule has 0 heterocycles. The molecule has 28 heavy (non-hydrogen) atoms. The van der Waals surface area contributed by atoms with Crippen LogP contribution in [0.4, 0.5) is 8.78 Å². The highest BCUT2D eigenvalue weighted by Crippen LogP contribution is 2.18. The second-order valence-electron chi connectivity index (χ2n) is 5.27. The van der Waals surface area contributed by atoms with Gasteiger partial charge in [0.15, 0.2) is 6.61 Å². The largest absolute Gasteiger partial charge is 0.452 e. The Balaban J connectivity index is 1.85. The number of alkyl halides is 2. The summed E-state index contributed by atoms with van der Waals surface area (Å²) in [6, 6.07) is 11.7. The smallest absolute Gasteiger partial charge is 0.341 e. The second kappa shape index (κ2) is 9.04. The molecule has 2 amide bonds. The Kier molecular flexibility index (Phi) is 6.77. The van der Waals surface area contributed by atoms with Crippen LogP contribution < -0.4 is 10.9 Å². The predicted octanol–water partition coefficient (Wildman–Crippen LogP) is 1.30. The lowest BCUT2D eigenvalue weighted by atomic mass is 10.2. The first-order valence-electron chi connectivity index (χ1n) is 7.65. The highest BCUT2D eigenvalue weighted by molar-refractivity contribution is 7.91. The number of ether oxygens (including phenoxy) is 1. The number of carbonyl (C=O) groups excluding carboxylic acids is 3. The first-order valence-corrected chi connectivity index (χ1v) is 9.20. The van der Waals surface area contributed by atoms with Gasteiger partial charge in [0, 0.05) is 5.56 Å². The molecule has 0 spiro atoms. The highest BCUT2D eigenvalue weighted by atomic mass is 32.2. The SMILES string of the molecule is O=C(COC(=O)c1ccc(S(=O)(=O)C(F)F)cc1)NNC(=O)c1ccccc1. The van der Waals surface area contributed by atoms with Crippen molar-refractivity contribution in [1.82, 2.24) is 10.9 Å². The van der Waals surface area contributed by atoms with Gasteiger partial charge >= 0.3 is 11.7 Å². The molecule has 2 N–H and O–H groups in total. The number of benzene rings is 2. The van der Waals surface area contributed by atoms with Crippen LogP contribution in [0.25, 0.3) is 0 Å². The van der Waals surface area contributed by atoms with Crippen molar-refractivity contribution in [3.63, 3.8) is 0 Å². The third kappa shape index (κ3) is 5.33. The molecule has 148 valence electrons. The van der Waals surface area contributed by atoms with Crippen molar-refractivity contribution < 1.29 is 36.3 Å². The normalized spacial score (nSPS) is 11.0. The molecule has 2 aromatic rings. The summed E-state index contributed by atoms with van der Waals surface area (Å²) in [5.41, 5.74) is 4.34. The molecule has 0 aliphatic heterocycles. The fourth-order valence-electron chi connectivity index (χ4n) is 1.92. The number of sulfone groups is 1. The minimum atomic E-state index is -4.77. The van der Waals surface area contributed by atoms with Gasteiger partial charge in [0.2, 0.25) is 9.84 Å². The van der Waals surface area contributed by atoms with Crippen molar-refractivity contribution in [2.45, 2.75) is 10.7 Å². The minimum absolute atomic E-state index is 0.144. The standard InChI is InChI=1S/C17H14F2N2O6S/c18-17(19)28(25,26)13-8-6-12(7-9-13)16(24)27-10-14(22)20-21-15(23)11-4-2-1-3-5-11/h1-9,17H,10H2,(H,20,22)(H,21,23). The van der Waals surface area contributed by atoms with Gasteiger partial charge in [-0.2, -0.15) is 8.78 Å². The minimum Gasteiger partial charge on any atom is -0.452 e. The summed E-state index contributed by atoms with van der Waals surface area (Å²) >= 11 is 0. The molecule has 0 unspecified atom stereocenters. The third-order valence-corrected chi connectivity index (χ3v) is 4.74. The van der Waals surface area contributed by atoms with E-state index >= 15 is 0 Å². The maximum absolute atomic E-state index is 12.5. The van der Waals surface area contributed by atoms with Gasteiger partial charge in [-0.15, -0.1) is 0 Å². The van der Waals surface area contributed by atoms with Gasteiger partial charge in [-0.05, 0) is 36.4 Å². The number of hydrazine groups is 1. The van der Waals surface area contributed by atoms with Gasteiger partial charge in [0.25, 0.3) is 11.8 Å². The van der Waals surface area contributed by atoms with Crippen LogP contribution in [0.1, 0.15) is 20.7 Å². The summed E-state index contributed by atoms with van der Waals surface area (Å²) in [5, 5.41) is 0. The molecule has 2 aromatic carbocycles. The Bertz CT molecular complexity index is 963. The van der Waals surface area contributed by atoms with E-state index in [1.807, 2.05) is 0 Å². The topological polar surface area (TPSA) is 119 Å². The summed E-state index contributed by atoms with van der Waals surface area (Å²) in [7, 11) is -4.77. The van der Waals surface area contributed by atoms with E-state index in [4.69, 9.17) is 4.74 Å². The second-order valence-corrected chi connectivity index (χ2v) is 7.19. The van der Waals surface area contributed by atoms with E-state index < -0.39 is 44.9 Å². The maximum Gasteiger partial charge on any atom is 0.341 e. The lowest BCUT2D eigenvalue weighted by molar-refractivity contribution is -0.125. The zero-order valence-electron chi connectivity index (χ0n) is 14.1. The third-order valence-electron chi connectivity index (χ3n) is 3.34. The monoisotopic (exact) mass is 412 g/mol. The maximum atomic E-state index is 12.5. The van der Waals surface area contributed by atoms with E-state index in [-0.39, 0.29) is 5.56 Å². The Labute approximate surface area is 158 Å². The first-order chi connectivity index (χ1) is 13.2. The molecule has 0 saturated heterocycles. The molecule has 0 fully saturated rings. The van der Waals surface area contributed by atoms with Crippen LogP contribution in [-0.2, 0) is 19.4 Å². The average Bonchev–Trinajstić information content (AvgIpc) is 2.70. The van der Waals surface area contributed by atoms with Crippen LogP contribution in [0.2, 0.25) is 0 Å². The molecule has 0 atom stereocenters. The highest BCUT2D eigenvalue weighted by Gasteiger charge is 2.26. The summed E-state index contributed by atoms with van der Waals surface area (Å²) < 4.78 is 52.2. The van der Waals surface area contributed by atoms with Crippen LogP contribution in [0.3, 0.4) is 0 Å². The van der Waals surface area contributed by atoms with E-state index in [1.165, 1.54) is 12.1 Å². The number of hydrogen-bond donors (Lipinski definition) is 2. The number of esters is 1. The van der Waals surface area contributed by atoms with Crippen LogP contribution in [0, 0.1) is 0 Å². The number of halogens is 2. The summed E-state index contributed by atoms with van der Waals surface area (Å²) in [6.45, 7) is -0.731. The Hall–Kier alpha value is -3.34. The van der Waals surface area contributed by atoms with Gasteiger partial charge in [0.1, 0.15) is 0 Å². The first kappa shape index (κ1) is 21.0. The van der Waals surface area contributed by atoms with Gasteiger partial charge in [-0.1, -0.05) is 18.2 Å². The van der Waals surface area contributed by atoms with Crippen molar-refractivity contribution in [2.75, 3.05) is 6.61 Å². The van der Waals surface area contributed by atoms with Gasteiger partial charge < -0.3 is 4.74 Å². The number of carbonyl (C=O) groups is 3. The Morgan fingerprint density at radius 3 is 2.07 bits per heavy atom. The molecule has 11 heteroatoms. The summed E-state index contributed by atoms with van der Waals surface area (Å²) in [6.07, 6.45) is 0. The van der Waals surface area contributed by atoms with Crippen LogP contribution in [-0.4, -0.2) is 38.6 Å². The number of hydrogen-bond acceptors (Lipinski definition) is 6. The Morgan fingerprint density at radius 2 is 1.50 bits per heavy atom. The molecule has 0 saturated carbocycles. The van der Waals surface area contributed by atoms with Crippen molar-refractivity contribution in [2.24, 2.45) is 0 Å². The van der Waals surface area contributed by atoms with E-state index in [2.05, 4.69) is 10.9 Å². The molecule has 8 nitrogen and oxygen atoms in total. The molecule has 0 aliphatic carbocycles. The van der Waals surface area contributed by atoms with Crippen molar-refractivity contribution in [3.05, 3.63) is 65.7 Å². The Morgan fingerprint density at radius 1 is 0.893 bits per heavy atom. The lowest BCUT2D eigenvalue weighted by Gasteiger charge is -2.08. The van der Waals surface area contributed by atoms with Crippen molar-refractivity contribution >= 4 is 27.6 Å². The van der Waals surface area contributed by atoms with Crippen LogP contribution in [0.15, 0.2) is 59.5 Å².